The third-order valence-electron chi connectivity index (χ3n) is 3.76. The van der Waals surface area contributed by atoms with Gasteiger partial charge in [-0.25, -0.2) is 9.97 Å². The number of fused-ring (bicyclic) bond motifs is 1. The SMILES string of the molecule is C/C(=N\Oc1ncc2ccccc2n1)c1sc(-c2cccnc2)nc1C. The van der Waals surface area contributed by atoms with Crippen LogP contribution in [0.4, 0.5) is 0 Å². The van der Waals surface area contributed by atoms with Gasteiger partial charge in [0, 0.05) is 29.5 Å². The molecule has 7 heteroatoms. The number of oxime groups is 1. The summed E-state index contributed by atoms with van der Waals surface area (Å²) in [6, 6.07) is 11.8. The highest BCUT2D eigenvalue weighted by atomic mass is 32.1. The lowest BCUT2D eigenvalue weighted by Gasteiger charge is -2.01. The molecule has 0 saturated carbocycles. The fraction of sp³-hybridized carbons (Fsp3) is 0.105. The smallest absolute Gasteiger partial charge is 0.315 e. The number of para-hydroxylation sites is 1. The van der Waals surface area contributed by atoms with E-state index in [1.54, 1.807) is 29.9 Å². The molecule has 0 amide bonds. The molecule has 0 saturated heterocycles. The number of hydrogen-bond acceptors (Lipinski definition) is 7. The van der Waals surface area contributed by atoms with Crippen molar-refractivity contribution in [2.45, 2.75) is 13.8 Å². The van der Waals surface area contributed by atoms with Crippen LogP contribution in [-0.2, 0) is 0 Å². The van der Waals surface area contributed by atoms with Crippen molar-refractivity contribution in [3.05, 3.63) is 65.6 Å². The summed E-state index contributed by atoms with van der Waals surface area (Å²) in [4.78, 5) is 23.7. The summed E-state index contributed by atoms with van der Waals surface area (Å²) in [5, 5.41) is 6.05. The van der Waals surface area contributed by atoms with Crippen LogP contribution < -0.4 is 4.84 Å². The van der Waals surface area contributed by atoms with Crippen LogP contribution in [0.2, 0.25) is 0 Å². The van der Waals surface area contributed by atoms with Gasteiger partial charge in [-0.05, 0) is 32.0 Å². The first kappa shape index (κ1) is 16.3. The highest BCUT2D eigenvalue weighted by Crippen LogP contribution is 2.27. The Balaban J connectivity index is 1.58. The van der Waals surface area contributed by atoms with Crippen LogP contribution in [-0.4, -0.2) is 25.6 Å². The molecule has 0 aliphatic heterocycles. The molecule has 0 spiro atoms. The molecule has 4 aromatic rings. The van der Waals surface area contributed by atoms with E-state index >= 15 is 0 Å². The van der Waals surface area contributed by atoms with Crippen molar-refractivity contribution in [3.8, 4) is 16.6 Å². The molecule has 3 aromatic heterocycles. The number of benzene rings is 1. The van der Waals surface area contributed by atoms with Crippen LogP contribution in [0.1, 0.15) is 17.5 Å². The Kier molecular flexibility index (Phi) is 4.37. The number of aryl methyl sites for hydroxylation is 1. The van der Waals surface area contributed by atoms with E-state index in [1.807, 2.05) is 50.2 Å². The van der Waals surface area contributed by atoms with Crippen molar-refractivity contribution in [3.63, 3.8) is 0 Å². The Morgan fingerprint density at radius 1 is 1.08 bits per heavy atom. The molecule has 1 aromatic carbocycles. The summed E-state index contributed by atoms with van der Waals surface area (Å²) >= 11 is 1.56. The second-order valence-corrected chi connectivity index (χ2v) is 6.65. The summed E-state index contributed by atoms with van der Waals surface area (Å²) in [5.41, 5.74) is 3.43. The van der Waals surface area contributed by atoms with E-state index < -0.39 is 0 Å². The molecule has 3 heterocycles. The van der Waals surface area contributed by atoms with Gasteiger partial charge in [0.1, 0.15) is 5.01 Å². The Morgan fingerprint density at radius 3 is 2.81 bits per heavy atom. The highest BCUT2D eigenvalue weighted by Gasteiger charge is 2.13. The molecule has 0 radical (unpaired) electrons. The normalized spacial score (nSPS) is 11.7. The number of thiazole rings is 1. The van der Waals surface area contributed by atoms with E-state index in [9.17, 15) is 0 Å². The van der Waals surface area contributed by atoms with Gasteiger partial charge >= 0.3 is 6.01 Å². The van der Waals surface area contributed by atoms with Gasteiger partial charge in [-0.2, -0.15) is 4.98 Å². The van der Waals surface area contributed by atoms with E-state index in [0.717, 1.165) is 37.8 Å². The summed E-state index contributed by atoms with van der Waals surface area (Å²) in [6.07, 6.45) is 5.27. The number of rotatable bonds is 4. The fourth-order valence-corrected chi connectivity index (χ4v) is 3.49. The van der Waals surface area contributed by atoms with Gasteiger partial charge in [-0.1, -0.05) is 23.4 Å². The number of pyridine rings is 1. The Hall–Kier alpha value is -3.19. The molecule has 26 heavy (non-hydrogen) atoms. The third kappa shape index (κ3) is 3.29. The zero-order valence-corrected chi connectivity index (χ0v) is 15.1. The number of hydrogen-bond donors (Lipinski definition) is 0. The second kappa shape index (κ2) is 6.97. The molecule has 128 valence electrons. The third-order valence-corrected chi connectivity index (χ3v) is 5.08. The van der Waals surface area contributed by atoms with Crippen molar-refractivity contribution < 1.29 is 4.84 Å². The molecule has 0 fully saturated rings. The second-order valence-electron chi connectivity index (χ2n) is 5.65. The standard InChI is InChI=1S/C19H15N5OS/c1-12-17(26-18(22-12)15-7-5-9-20-10-15)13(2)24-25-19-21-11-14-6-3-4-8-16(14)23-19/h3-11H,1-2H3/b24-13+. The lowest BCUT2D eigenvalue weighted by atomic mass is 10.2. The van der Waals surface area contributed by atoms with Gasteiger partial charge in [0.2, 0.25) is 0 Å². The zero-order valence-electron chi connectivity index (χ0n) is 14.2. The van der Waals surface area contributed by atoms with E-state index in [2.05, 4.69) is 25.1 Å². The molecular formula is C19H15N5OS. The molecule has 4 rings (SSSR count). The minimum Gasteiger partial charge on any atom is -0.315 e. The van der Waals surface area contributed by atoms with Crippen molar-refractivity contribution in [2.75, 3.05) is 0 Å². The fourth-order valence-electron chi connectivity index (χ4n) is 2.49. The summed E-state index contributed by atoms with van der Waals surface area (Å²) < 4.78 is 0. The van der Waals surface area contributed by atoms with Crippen molar-refractivity contribution in [1.82, 2.24) is 19.9 Å². The lowest BCUT2D eigenvalue weighted by molar-refractivity contribution is 0.314. The Morgan fingerprint density at radius 2 is 1.96 bits per heavy atom. The predicted molar refractivity (Wildman–Crippen MR) is 102 cm³/mol. The van der Waals surface area contributed by atoms with Crippen LogP contribution in [0.3, 0.4) is 0 Å². The van der Waals surface area contributed by atoms with Gasteiger partial charge in [-0.15, -0.1) is 11.3 Å². The van der Waals surface area contributed by atoms with Crippen LogP contribution in [0, 0.1) is 6.92 Å². The van der Waals surface area contributed by atoms with Crippen molar-refractivity contribution >= 4 is 28.0 Å². The summed E-state index contributed by atoms with van der Waals surface area (Å²) in [6.45, 7) is 3.84. The van der Waals surface area contributed by atoms with Crippen molar-refractivity contribution in [1.29, 1.82) is 0 Å². The van der Waals surface area contributed by atoms with Crippen LogP contribution >= 0.6 is 11.3 Å². The lowest BCUT2D eigenvalue weighted by Crippen LogP contribution is -1.99. The molecule has 0 atom stereocenters. The van der Waals surface area contributed by atoms with Gasteiger partial charge in [0.05, 0.1) is 21.8 Å². The quantitative estimate of drug-likeness (QED) is 0.401. The maximum Gasteiger partial charge on any atom is 0.346 e. The van der Waals surface area contributed by atoms with Gasteiger partial charge in [0.15, 0.2) is 0 Å². The maximum absolute atomic E-state index is 5.43. The largest absolute Gasteiger partial charge is 0.346 e. The van der Waals surface area contributed by atoms with Gasteiger partial charge in [-0.3, -0.25) is 4.98 Å². The Labute approximate surface area is 154 Å². The monoisotopic (exact) mass is 361 g/mol. The number of aromatic nitrogens is 4. The minimum atomic E-state index is 0.220. The maximum atomic E-state index is 5.43. The number of nitrogens with zero attached hydrogens (tertiary/aromatic N) is 5. The van der Waals surface area contributed by atoms with Crippen molar-refractivity contribution in [2.24, 2.45) is 5.16 Å². The topological polar surface area (TPSA) is 73.2 Å². The molecule has 0 bridgehead atoms. The summed E-state index contributed by atoms with van der Waals surface area (Å²) in [7, 11) is 0. The van der Waals surface area contributed by atoms with Crippen LogP contribution in [0.5, 0.6) is 6.01 Å². The average molecular weight is 361 g/mol. The Bertz CT molecular complexity index is 1090. The molecule has 0 unspecified atom stereocenters. The van der Waals surface area contributed by atoms with E-state index in [1.165, 1.54) is 0 Å². The first-order valence-corrected chi connectivity index (χ1v) is 8.84. The van der Waals surface area contributed by atoms with Gasteiger partial charge < -0.3 is 4.84 Å². The van der Waals surface area contributed by atoms with E-state index in [-0.39, 0.29) is 6.01 Å². The molecule has 6 nitrogen and oxygen atoms in total. The first-order valence-electron chi connectivity index (χ1n) is 8.02. The van der Waals surface area contributed by atoms with E-state index in [4.69, 9.17) is 4.84 Å². The van der Waals surface area contributed by atoms with Crippen LogP contribution in [0.25, 0.3) is 21.5 Å². The summed E-state index contributed by atoms with van der Waals surface area (Å²) in [5.74, 6) is 0. The van der Waals surface area contributed by atoms with Gasteiger partial charge in [0.25, 0.3) is 0 Å². The average Bonchev–Trinajstić information content (AvgIpc) is 3.08. The molecular weight excluding hydrogens is 346 g/mol. The molecule has 0 aliphatic carbocycles. The molecule has 0 N–H and O–H groups in total. The predicted octanol–water partition coefficient (Wildman–Crippen LogP) is 4.26. The zero-order chi connectivity index (χ0) is 17.9. The molecule has 0 aliphatic rings. The van der Waals surface area contributed by atoms with Crippen LogP contribution in [0.15, 0.2) is 60.1 Å². The highest BCUT2D eigenvalue weighted by molar-refractivity contribution is 7.17. The first-order chi connectivity index (χ1) is 12.7. The van der Waals surface area contributed by atoms with E-state index in [0.29, 0.717) is 0 Å². The minimum absolute atomic E-state index is 0.220.